The molecule has 0 radical (unpaired) electrons. The summed E-state index contributed by atoms with van der Waals surface area (Å²) in [5.74, 6) is 0.587. The molecule has 0 spiro atoms. The lowest BCUT2D eigenvalue weighted by molar-refractivity contribution is 0.126. The highest BCUT2D eigenvalue weighted by atomic mass is 16.3. The summed E-state index contributed by atoms with van der Waals surface area (Å²) in [6.45, 7) is 18.2. The van der Waals surface area contributed by atoms with E-state index in [1.807, 2.05) is 0 Å². The van der Waals surface area contributed by atoms with Gasteiger partial charge in [-0.15, -0.1) is 0 Å². The molecule has 0 amide bonds. The highest BCUT2D eigenvalue weighted by Crippen LogP contribution is 2.54. The SMILES string of the molecule is CCCCC1=C(O)C(C(C)(C)C)=CC(CC)(C(C)(C)C)C1. The first-order valence-corrected chi connectivity index (χ1v) is 8.63. The Bertz CT molecular complexity index is 426. The Morgan fingerprint density at radius 3 is 2.05 bits per heavy atom. The third-order valence-electron chi connectivity index (χ3n) is 5.30. The molecule has 122 valence electrons. The largest absolute Gasteiger partial charge is 0.508 e. The van der Waals surface area contributed by atoms with Gasteiger partial charge in [0.05, 0.1) is 0 Å². The first kappa shape index (κ1) is 18.3. The second kappa shape index (κ2) is 6.18. The maximum atomic E-state index is 10.8. The Kier molecular flexibility index (Phi) is 5.40. The molecular formula is C20H36O. The van der Waals surface area contributed by atoms with Crippen LogP contribution in [-0.2, 0) is 0 Å². The van der Waals surface area contributed by atoms with Crippen molar-refractivity contribution in [1.29, 1.82) is 0 Å². The zero-order chi connectivity index (χ0) is 16.5. The fraction of sp³-hybridized carbons (Fsp3) is 0.800. The van der Waals surface area contributed by atoms with Crippen LogP contribution in [0.25, 0.3) is 0 Å². The van der Waals surface area contributed by atoms with Gasteiger partial charge in [0, 0.05) is 0 Å². The summed E-state index contributed by atoms with van der Waals surface area (Å²) in [7, 11) is 0. The average molecular weight is 293 g/mol. The molecule has 1 heteroatoms. The molecule has 21 heavy (non-hydrogen) atoms. The number of hydrogen-bond acceptors (Lipinski definition) is 1. The van der Waals surface area contributed by atoms with Crippen molar-refractivity contribution in [3.63, 3.8) is 0 Å². The van der Waals surface area contributed by atoms with Crippen molar-refractivity contribution in [3.05, 3.63) is 23.0 Å². The Morgan fingerprint density at radius 2 is 1.67 bits per heavy atom. The molecule has 0 aromatic rings. The van der Waals surface area contributed by atoms with Gasteiger partial charge in [0.15, 0.2) is 0 Å². The zero-order valence-corrected chi connectivity index (χ0v) is 15.6. The van der Waals surface area contributed by atoms with E-state index in [-0.39, 0.29) is 16.2 Å². The van der Waals surface area contributed by atoms with E-state index < -0.39 is 0 Å². The molecule has 0 heterocycles. The third kappa shape index (κ3) is 3.73. The molecule has 1 aliphatic carbocycles. The van der Waals surface area contributed by atoms with Gasteiger partial charge in [0.1, 0.15) is 5.76 Å². The number of hydrogen-bond donors (Lipinski definition) is 1. The lowest BCUT2D eigenvalue weighted by Gasteiger charge is -2.47. The van der Waals surface area contributed by atoms with E-state index in [0.29, 0.717) is 5.76 Å². The molecule has 1 rings (SSSR count). The van der Waals surface area contributed by atoms with Crippen LogP contribution in [0.5, 0.6) is 0 Å². The Labute approximate surface area is 132 Å². The smallest absolute Gasteiger partial charge is 0.118 e. The standard InChI is InChI=1S/C20H36O/c1-9-11-12-15-13-20(10-2,19(6,7)8)14-16(17(15)21)18(3,4)5/h14,21H,9-13H2,1-8H3. The van der Waals surface area contributed by atoms with Crippen LogP contribution in [-0.4, -0.2) is 5.11 Å². The van der Waals surface area contributed by atoms with E-state index >= 15 is 0 Å². The second-order valence-corrected chi connectivity index (χ2v) is 8.80. The Balaban J connectivity index is 3.39. The molecule has 0 aliphatic heterocycles. The van der Waals surface area contributed by atoms with Crippen LogP contribution < -0.4 is 0 Å². The van der Waals surface area contributed by atoms with Gasteiger partial charge < -0.3 is 5.11 Å². The number of aliphatic hydroxyl groups is 1. The first-order valence-electron chi connectivity index (χ1n) is 8.63. The molecule has 1 aliphatic rings. The summed E-state index contributed by atoms with van der Waals surface area (Å²) in [6.07, 6.45) is 7.92. The van der Waals surface area contributed by atoms with Crippen molar-refractivity contribution >= 4 is 0 Å². The minimum Gasteiger partial charge on any atom is -0.508 e. The van der Waals surface area contributed by atoms with Crippen molar-refractivity contribution in [2.24, 2.45) is 16.2 Å². The predicted octanol–water partition coefficient (Wildman–Crippen LogP) is 6.81. The van der Waals surface area contributed by atoms with Crippen LogP contribution in [0.1, 0.15) is 87.5 Å². The molecule has 0 saturated carbocycles. The van der Waals surface area contributed by atoms with Gasteiger partial charge in [-0.3, -0.25) is 0 Å². The quantitative estimate of drug-likeness (QED) is 0.603. The second-order valence-electron chi connectivity index (χ2n) is 8.80. The van der Waals surface area contributed by atoms with Crippen LogP contribution in [0.15, 0.2) is 23.0 Å². The number of allylic oxidation sites excluding steroid dienone is 3. The minimum absolute atomic E-state index is 0.00631. The van der Waals surface area contributed by atoms with Crippen molar-refractivity contribution in [2.75, 3.05) is 0 Å². The van der Waals surface area contributed by atoms with Gasteiger partial charge in [-0.2, -0.15) is 0 Å². The Hall–Kier alpha value is -0.720. The molecule has 0 aromatic carbocycles. The summed E-state index contributed by atoms with van der Waals surface area (Å²) in [5.41, 5.74) is 2.78. The molecule has 1 atom stereocenters. The topological polar surface area (TPSA) is 20.2 Å². The van der Waals surface area contributed by atoms with Crippen LogP contribution in [0.4, 0.5) is 0 Å². The van der Waals surface area contributed by atoms with Crippen molar-refractivity contribution < 1.29 is 5.11 Å². The van der Waals surface area contributed by atoms with Crippen molar-refractivity contribution in [2.45, 2.75) is 87.5 Å². The van der Waals surface area contributed by atoms with Crippen LogP contribution >= 0.6 is 0 Å². The Morgan fingerprint density at radius 1 is 1.10 bits per heavy atom. The first-order chi connectivity index (χ1) is 9.48. The summed E-state index contributed by atoms with van der Waals surface area (Å²) in [6, 6.07) is 0. The van der Waals surface area contributed by atoms with E-state index in [4.69, 9.17) is 0 Å². The molecule has 0 saturated heterocycles. The normalized spacial score (nSPS) is 24.3. The maximum absolute atomic E-state index is 10.8. The summed E-state index contributed by atoms with van der Waals surface area (Å²) in [4.78, 5) is 0. The van der Waals surface area contributed by atoms with Gasteiger partial charge in [0.2, 0.25) is 0 Å². The molecule has 1 nitrogen and oxygen atoms in total. The lowest BCUT2D eigenvalue weighted by Crippen LogP contribution is -2.37. The zero-order valence-electron chi connectivity index (χ0n) is 15.6. The van der Waals surface area contributed by atoms with Gasteiger partial charge in [-0.25, -0.2) is 0 Å². The third-order valence-corrected chi connectivity index (χ3v) is 5.30. The van der Waals surface area contributed by atoms with Crippen LogP contribution in [0.2, 0.25) is 0 Å². The fourth-order valence-corrected chi connectivity index (χ4v) is 3.46. The number of aliphatic hydroxyl groups excluding tert-OH is 1. The number of unbranched alkanes of at least 4 members (excludes halogenated alkanes) is 1. The summed E-state index contributed by atoms with van der Waals surface area (Å²) >= 11 is 0. The molecular weight excluding hydrogens is 256 g/mol. The molecule has 1 unspecified atom stereocenters. The monoisotopic (exact) mass is 292 g/mol. The lowest BCUT2D eigenvalue weighted by atomic mass is 9.57. The van der Waals surface area contributed by atoms with E-state index in [0.717, 1.165) is 24.8 Å². The average Bonchev–Trinajstić information content (AvgIpc) is 2.35. The van der Waals surface area contributed by atoms with Crippen LogP contribution in [0, 0.1) is 16.2 Å². The molecule has 0 bridgehead atoms. The molecule has 0 fully saturated rings. The fourth-order valence-electron chi connectivity index (χ4n) is 3.46. The van der Waals surface area contributed by atoms with Crippen molar-refractivity contribution in [3.8, 4) is 0 Å². The minimum atomic E-state index is -0.00631. The van der Waals surface area contributed by atoms with E-state index in [2.05, 4.69) is 61.5 Å². The number of rotatable bonds is 4. The van der Waals surface area contributed by atoms with Gasteiger partial charge in [-0.05, 0) is 53.1 Å². The van der Waals surface area contributed by atoms with E-state index in [9.17, 15) is 5.11 Å². The molecule has 1 N–H and O–H groups in total. The van der Waals surface area contributed by atoms with Crippen LogP contribution in [0.3, 0.4) is 0 Å². The summed E-state index contributed by atoms with van der Waals surface area (Å²) < 4.78 is 0. The van der Waals surface area contributed by atoms with Gasteiger partial charge in [0.25, 0.3) is 0 Å². The van der Waals surface area contributed by atoms with Gasteiger partial charge >= 0.3 is 0 Å². The maximum Gasteiger partial charge on any atom is 0.118 e. The highest BCUT2D eigenvalue weighted by Gasteiger charge is 2.44. The van der Waals surface area contributed by atoms with Gasteiger partial charge in [-0.1, -0.05) is 67.9 Å². The molecule has 0 aromatic heterocycles. The van der Waals surface area contributed by atoms with E-state index in [1.165, 1.54) is 18.4 Å². The summed E-state index contributed by atoms with van der Waals surface area (Å²) in [5, 5.41) is 10.8. The predicted molar refractivity (Wildman–Crippen MR) is 93.5 cm³/mol. The highest BCUT2D eigenvalue weighted by molar-refractivity contribution is 5.41. The van der Waals surface area contributed by atoms with E-state index in [1.54, 1.807) is 0 Å². The van der Waals surface area contributed by atoms with Crippen molar-refractivity contribution in [1.82, 2.24) is 0 Å².